The molecule has 6 heteroatoms. The molecule has 0 unspecified atom stereocenters. The summed E-state index contributed by atoms with van der Waals surface area (Å²) in [6, 6.07) is 9.90. The number of carbonyl (C=O) groups excluding carboxylic acids is 1. The zero-order valence-electron chi connectivity index (χ0n) is 9.95. The number of hydrogen-bond acceptors (Lipinski definition) is 4. The third kappa shape index (κ3) is 3.06. The van der Waals surface area contributed by atoms with Crippen molar-refractivity contribution in [3.8, 4) is 0 Å². The van der Waals surface area contributed by atoms with Crippen LogP contribution >= 0.6 is 0 Å². The number of carbonyl (C=O) groups is 1. The molecule has 0 spiro atoms. The molecule has 0 aliphatic heterocycles. The fraction of sp³-hybridized carbons (Fsp3) is 0. The normalized spacial score (nSPS) is 11.1. The average molecular weight is 256 g/mol. The quantitative estimate of drug-likeness (QED) is 0.334. The van der Waals surface area contributed by atoms with Crippen molar-refractivity contribution in [2.24, 2.45) is 10.9 Å². The lowest BCUT2D eigenvalue weighted by Crippen LogP contribution is -2.14. The van der Waals surface area contributed by atoms with Crippen LogP contribution in [0.15, 0.2) is 53.9 Å². The summed E-state index contributed by atoms with van der Waals surface area (Å²) in [5.41, 5.74) is 7.16. The number of hydrogen-bond donors (Lipinski definition) is 3. The minimum atomic E-state index is -0.223. The van der Waals surface area contributed by atoms with E-state index in [1.54, 1.807) is 48.8 Å². The highest BCUT2D eigenvalue weighted by molar-refractivity contribution is 6.04. The molecule has 0 radical (unpaired) electrons. The summed E-state index contributed by atoms with van der Waals surface area (Å²) in [6.45, 7) is 0. The van der Waals surface area contributed by atoms with Gasteiger partial charge in [-0.2, -0.15) is 0 Å². The Bertz CT molecular complexity index is 594. The van der Waals surface area contributed by atoms with Gasteiger partial charge in [-0.1, -0.05) is 5.16 Å². The fourth-order valence-electron chi connectivity index (χ4n) is 1.49. The number of nitrogens with one attached hydrogen (secondary N) is 1. The number of oxime groups is 1. The van der Waals surface area contributed by atoms with Gasteiger partial charge in [-0.3, -0.25) is 9.78 Å². The Balaban J connectivity index is 2.10. The second-order valence-electron chi connectivity index (χ2n) is 3.75. The highest BCUT2D eigenvalue weighted by Crippen LogP contribution is 2.11. The average Bonchev–Trinajstić information content (AvgIpc) is 2.48. The van der Waals surface area contributed by atoms with E-state index in [1.807, 2.05) is 0 Å². The van der Waals surface area contributed by atoms with E-state index in [0.717, 1.165) is 0 Å². The lowest BCUT2D eigenvalue weighted by atomic mass is 10.2. The molecule has 2 aromatic rings. The highest BCUT2D eigenvalue weighted by Gasteiger charge is 2.05. The number of anilines is 1. The smallest absolute Gasteiger partial charge is 0.255 e. The van der Waals surface area contributed by atoms with Crippen molar-refractivity contribution in [2.75, 3.05) is 5.32 Å². The molecular formula is C13H12N4O2. The first-order valence-electron chi connectivity index (χ1n) is 5.50. The number of amidine groups is 1. The number of benzene rings is 1. The second-order valence-corrected chi connectivity index (χ2v) is 3.75. The first-order chi connectivity index (χ1) is 9.20. The van der Waals surface area contributed by atoms with Gasteiger partial charge in [-0.25, -0.2) is 0 Å². The molecule has 0 fully saturated rings. The Morgan fingerprint density at radius 2 is 1.74 bits per heavy atom. The summed E-state index contributed by atoms with van der Waals surface area (Å²) < 4.78 is 0. The van der Waals surface area contributed by atoms with Gasteiger partial charge < -0.3 is 16.3 Å². The van der Waals surface area contributed by atoms with Crippen LogP contribution in [0.25, 0.3) is 0 Å². The van der Waals surface area contributed by atoms with Crippen molar-refractivity contribution in [2.45, 2.75) is 0 Å². The molecule has 1 aromatic heterocycles. The molecule has 0 saturated heterocycles. The van der Waals surface area contributed by atoms with E-state index < -0.39 is 0 Å². The first kappa shape index (κ1) is 12.6. The van der Waals surface area contributed by atoms with Gasteiger partial charge in [0.15, 0.2) is 5.84 Å². The van der Waals surface area contributed by atoms with Gasteiger partial charge >= 0.3 is 0 Å². The van der Waals surface area contributed by atoms with E-state index in [9.17, 15) is 4.79 Å². The van der Waals surface area contributed by atoms with E-state index in [-0.39, 0.29) is 11.7 Å². The van der Waals surface area contributed by atoms with Crippen LogP contribution in [0.3, 0.4) is 0 Å². The number of aromatic nitrogens is 1. The zero-order valence-corrected chi connectivity index (χ0v) is 9.95. The number of nitrogens with two attached hydrogens (primary N) is 1. The third-order valence-corrected chi connectivity index (χ3v) is 2.49. The van der Waals surface area contributed by atoms with Gasteiger partial charge in [0.2, 0.25) is 0 Å². The standard InChI is InChI=1S/C13H12N4O2/c14-12(17-19)9-1-3-11(4-2-9)16-13(18)10-5-7-15-8-6-10/h1-8,19H,(H2,14,17)(H,16,18). The third-order valence-electron chi connectivity index (χ3n) is 2.49. The topological polar surface area (TPSA) is 101 Å². The molecule has 4 N–H and O–H groups in total. The lowest BCUT2D eigenvalue weighted by Gasteiger charge is -2.05. The van der Waals surface area contributed by atoms with Crippen molar-refractivity contribution in [1.29, 1.82) is 0 Å². The number of amides is 1. The Labute approximate surface area is 109 Å². The van der Waals surface area contributed by atoms with Gasteiger partial charge in [-0.15, -0.1) is 0 Å². The summed E-state index contributed by atoms with van der Waals surface area (Å²) in [4.78, 5) is 15.7. The van der Waals surface area contributed by atoms with Crippen molar-refractivity contribution in [1.82, 2.24) is 4.98 Å². The molecule has 0 aliphatic carbocycles. The van der Waals surface area contributed by atoms with Crippen molar-refractivity contribution >= 4 is 17.4 Å². The van der Waals surface area contributed by atoms with Crippen LogP contribution in [-0.2, 0) is 0 Å². The maximum atomic E-state index is 11.9. The van der Waals surface area contributed by atoms with E-state index >= 15 is 0 Å². The van der Waals surface area contributed by atoms with Crippen LogP contribution in [0.5, 0.6) is 0 Å². The molecular weight excluding hydrogens is 244 g/mol. The van der Waals surface area contributed by atoms with Crippen molar-refractivity contribution in [3.05, 3.63) is 59.9 Å². The Kier molecular flexibility index (Phi) is 3.72. The SMILES string of the molecule is N/C(=N\O)c1ccc(NC(=O)c2ccncc2)cc1. The molecule has 1 heterocycles. The molecule has 96 valence electrons. The molecule has 1 aromatic carbocycles. The molecule has 0 aliphatic rings. The number of rotatable bonds is 3. The fourth-order valence-corrected chi connectivity index (χ4v) is 1.49. The molecule has 19 heavy (non-hydrogen) atoms. The Hall–Kier alpha value is -2.89. The van der Waals surface area contributed by atoms with E-state index in [2.05, 4.69) is 15.5 Å². The lowest BCUT2D eigenvalue weighted by molar-refractivity contribution is 0.102. The van der Waals surface area contributed by atoms with E-state index in [0.29, 0.717) is 16.8 Å². The van der Waals surface area contributed by atoms with Crippen LogP contribution < -0.4 is 11.1 Å². The minimum Gasteiger partial charge on any atom is -0.409 e. The van der Waals surface area contributed by atoms with Gasteiger partial charge in [0.05, 0.1) is 0 Å². The van der Waals surface area contributed by atoms with E-state index in [1.165, 1.54) is 0 Å². The maximum Gasteiger partial charge on any atom is 0.255 e. The van der Waals surface area contributed by atoms with Gasteiger partial charge in [0, 0.05) is 29.2 Å². The summed E-state index contributed by atoms with van der Waals surface area (Å²) in [5.74, 6) is -0.203. The van der Waals surface area contributed by atoms with Crippen molar-refractivity contribution in [3.63, 3.8) is 0 Å². The highest BCUT2D eigenvalue weighted by atomic mass is 16.4. The summed E-state index contributed by atoms with van der Waals surface area (Å²) in [5, 5.41) is 14.2. The molecule has 2 rings (SSSR count). The predicted molar refractivity (Wildman–Crippen MR) is 71.1 cm³/mol. The molecule has 0 saturated carbocycles. The molecule has 0 bridgehead atoms. The van der Waals surface area contributed by atoms with Gasteiger partial charge in [-0.05, 0) is 36.4 Å². The van der Waals surface area contributed by atoms with Crippen LogP contribution in [0.2, 0.25) is 0 Å². The molecule has 1 amide bonds. The second kappa shape index (κ2) is 5.63. The number of nitrogens with zero attached hydrogens (tertiary/aromatic N) is 2. The van der Waals surface area contributed by atoms with Crippen molar-refractivity contribution < 1.29 is 10.0 Å². The zero-order chi connectivity index (χ0) is 13.7. The summed E-state index contributed by atoms with van der Waals surface area (Å²) in [6.07, 6.45) is 3.10. The van der Waals surface area contributed by atoms with Crippen LogP contribution in [-0.4, -0.2) is 21.9 Å². The molecule has 6 nitrogen and oxygen atoms in total. The Morgan fingerprint density at radius 1 is 1.11 bits per heavy atom. The van der Waals surface area contributed by atoms with Gasteiger partial charge in [0.25, 0.3) is 5.91 Å². The Morgan fingerprint density at radius 3 is 2.32 bits per heavy atom. The van der Waals surface area contributed by atoms with Crippen LogP contribution in [0.1, 0.15) is 15.9 Å². The number of pyridine rings is 1. The first-order valence-corrected chi connectivity index (χ1v) is 5.50. The van der Waals surface area contributed by atoms with E-state index in [4.69, 9.17) is 10.9 Å². The maximum absolute atomic E-state index is 11.9. The predicted octanol–water partition coefficient (Wildman–Crippen LogP) is 1.43. The van der Waals surface area contributed by atoms with Gasteiger partial charge in [0.1, 0.15) is 0 Å². The minimum absolute atomic E-state index is 0.0204. The van der Waals surface area contributed by atoms with Crippen LogP contribution in [0.4, 0.5) is 5.69 Å². The van der Waals surface area contributed by atoms with Crippen LogP contribution in [0, 0.1) is 0 Å². The monoisotopic (exact) mass is 256 g/mol. The molecule has 0 atom stereocenters. The summed E-state index contributed by atoms with van der Waals surface area (Å²) >= 11 is 0. The largest absolute Gasteiger partial charge is 0.409 e. The summed E-state index contributed by atoms with van der Waals surface area (Å²) in [7, 11) is 0.